The molecule has 1 heteroatoms. The lowest BCUT2D eigenvalue weighted by Crippen LogP contribution is -2.54. The Morgan fingerprint density at radius 2 is 1.50 bits per heavy atom. The second kappa shape index (κ2) is 7.53. The molecule has 1 saturated heterocycles. The number of quaternary nitrogens is 1. The summed E-state index contributed by atoms with van der Waals surface area (Å²) in [5.74, 6) is 1.07. The molecule has 0 bridgehead atoms. The van der Waals surface area contributed by atoms with Crippen molar-refractivity contribution in [2.45, 2.75) is 77.6 Å². The molecule has 2 aliphatic rings. The van der Waals surface area contributed by atoms with E-state index in [0.29, 0.717) is 0 Å². The van der Waals surface area contributed by atoms with Gasteiger partial charge in [-0.1, -0.05) is 32.6 Å². The van der Waals surface area contributed by atoms with Crippen molar-refractivity contribution in [1.82, 2.24) is 0 Å². The van der Waals surface area contributed by atoms with E-state index in [4.69, 9.17) is 0 Å². The van der Waals surface area contributed by atoms with E-state index < -0.39 is 0 Å². The van der Waals surface area contributed by atoms with E-state index in [1.165, 1.54) is 101 Å². The molecule has 1 heterocycles. The van der Waals surface area contributed by atoms with Gasteiger partial charge in [0.1, 0.15) is 0 Å². The Kier molecular flexibility index (Phi) is 6.01. The fraction of sp³-hybridized carbons (Fsp3) is 1.00. The van der Waals surface area contributed by atoms with Crippen molar-refractivity contribution < 1.29 is 4.48 Å². The number of nitrogens with zero attached hydrogens (tertiary/aromatic N) is 1. The molecular formula is C17H34N+. The van der Waals surface area contributed by atoms with Crippen molar-refractivity contribution in [3.05, 3.63) is 0 Å². The van der Waals surface area contributed by atoms with Crippen LogP contribution >= 0.6 is 0 Å². The van der Waals surface area contributed by atoms with Gasteiger partial charge in [0.05, 0.1) is 26.2 Å². The minimum absolute atomic E-state index is 1.07. The van der Waals surface area contributed by atoms with Crippen molar-refractivity contribution in [3.8, 4) is 0 Å². The van der Waals surface area contributed by atoms with Crippen molar-refractivity contribution in [2.75, 3.05) is 26.2 Å². The van der Waals surface area contributed by atoms with Crippen LogP contribution in [0, 0.1) is 5.92 Å². The van der Waals surface area contributed by atoms with Gasteiger partial charge in [-0.05, 0) is 44.9 Å². The Morgan fingerprint density at radius 3 is 2.17 bits per heavy atom. The summed E-state index contributed by atoms with van der Waals surface area (Å²) >= 11 is 0. The molecule has 106 valence electrons. The van der Waals surface area contributed by atoms with E-state index >= 15 is 0 Å². The van der Waals surface area contributed by atoms with Gasteiger partial charge in [-0.25, -0.2) is 0 Å². The molecule has 0 N–H and O–H groups in total. The molecule has 0 aromatic rings. The van der Waals surface area contributed by atoms with Crippen LogP contribution in [-0.2, 0) is 0 Å². The zero-order valence-electron chi connectivity index (χ0n) is 12.6. The Morgan fingerprint density at radius 1 is 0.833 bits per heavy atom. The molecule has 0 unspecified atom stereocenters. The molecule has 1 nitrogen and oxygen atoms in total. The quantitative estimate of drug-likeness (QED) is 0.472. The first-order valence-electron chi connectivity index (χ1n) is 8.70. The highest BCUT2D eigenvalue weighted by atomic mass is 15.4. The third kappa shape index (κ3) is 4.26. The molecule has 0 radical (unpaired) electrons. The van der Waals surface area contributed by atoms with E-state index in [1.807, 2.05) is 0 Å². The maximum Gasteiger partial charge on any atom is 0.0815 e. The predicted octanol–water partition coefficient (Wildman–Crippen LogP) is 4.76. The Bertz CT molecular complexity index is 212. The summed E-state index contributed by atoms with van der Waals surface area (Å²) in [6.07, 6.45) is 16.4. The number of rotatable bonds is 6. The summed E-state index contributed by atoms with van der Waals surface area (Å²) in [5, 5.41) is 0. The standard InChI is InChI=1S/C17H34N/c1-2-3-8-13-18(14-9-5-10-15-18)16-17-11-6-4-7-12-17/h17H,2-16H2,1H3/q+1. The molecular weight excluding hydrogens is 218 g/mol. The highest BCUT2D eigenvalue weighted by Gasteiger charge is 2.32. The Balaban J connectivity index is 1.85. The normalized spacial score (nSPS) is 25.2. The van der Waals surface area contributed by atoms with Crippen LogP contribution in [0.3, 0.4) is 0 Å². The maximum atomic E-state index is 2.33. The van der Waals surface area contributed by atoms with Gasteiger partial charge < -0.3 is 4.48 Å². The number of hydrogen-bond acceptors (Lipinski definition) is 0. The summed E-state index contributed by atoms with van der Waals surface area (Å²) in [7, 11) is 0. The zero-order chi connectivity index (χ0) is 12.7. The van der Waals surface area contributed by atoms with Gasteiger partial charge in [-0.3, -0.25) is 0 Å². The van der Waals surface area contributed by atoms with Crippen LogP contribution in [0.1, 0.15) is 77.6 Å². The minimum atomic E-state index is 1.07. The van der Waals surface area contributed by atoms with Crippen LogP contribution in [0.25, 0.3) is 0 Å². The molecule has 1 aliphatic heterocycles. The van der Waals surface area contributed by atoms with Crippen molar-refractivity contribution in [2.24, 2.45) is 5.92 Å². The lowest BCUT2D eigenvalue weighted by atomic mass is 9.87. The van der Waals surface area contributed by atoms with Crippen LogP contribution in [0.4, 0.5) is 0 Å². The first-order chi connectivity index (χ1) is 8.85. The highest BCUT2D eigenvalue weighted by molar-refractivity contribution is 4.67. The van der Waals surface area contributed by atoms with Gasteiger partial charge in [-0.15, -0.1) is 0 Å². The predicted molar refractivity (Wildman–Crippen MR) is 79.7 cm³/mol. The third-order valence-electron chi connectivity index (χ3n) is 5.37. The molecule has 0 spiro atoms. The van der Waals surface area contributed by atoms with Gasteiger partial charge in [-0.2, -0.15) is 0 Å². The summed E-state index contributed by atoms with van der Waals surface area (Å²) < 4.78 is 1.50. The first kappa shape index (κ1) is 14.4. The van der Waals surface area contributed by atoms with E-state index in [9.17, 15) is 0 Å². The van der Waals surface area contributed by atoms with Gasteiger partial charge in [0.25, 0.3) is 0 Å². The largest absolute Gasteiger partial charge is 0.323 e. The molecule has 2 rings (SSSR count). The van der Waals surface area contributed by atoms with Crippen molar-refractivity contribution >= 4 is 0 Å². The van der Waals surface area contributed by atoms with E-state index in [0.717, 1.165) is 5.92 Å². The minimum Gasteiger partial charge on any atom is -0.323 e. The van der Waals surface area contributed by atoms with Crippen LogP contribution in [0.15, 0.2) is 0 Å². The molecule has 0 aromatic heterocycles. The molecule has 1 aliphatic carbocycles. The fourth-order valence-electron chi connectivity index (χ4n) is 4.30. The number of hydrogen-bond donors (Lipinski definition) is 0. The fourth-order valence-corrected chi connectivity index (χ4v) is 4.30. The van der Waals surface area contributed by atoms with Crippen LogP contribution in [-0.4, -0.2) is 30.7 Å². The molecule has 18 heavy (non-hydrogen) atoms. The zero-order valence-corrected chi connectivity index (χ0v) is 12.6. The van der Waals surface area contributed by atoms with Gasteiger partial charge in [0, 0.05) is 5.92 Å². The van der Waals surface area contributed by atoms with Crippen LogP contribution < -0.4 is 0 Å². The maximum absolute atomic E-state index is 2.33. The average molecular weight is 252 g/mol. The second-order valence-electron chi connectivity index (χ2n) is 6.97. The van der Waals surface area contributed by atoms with E-state index in [2.05, 4.69) is 6.92 Å². The summed E-state index contributed by atoms with van der Waals surface area (Å²) in [6.45, 7) is 8.36. The molecule has 2 fully saturated rings. The Hall–Kier alpha value is -0.0400. The topological polar surface area (TPSA) is 0 Å². The van der Waals surface area contributed by atoms with Gasteiger partial charge >= 0.3 is 0 Å². The van der Waals surface area contributed by atoms with E-state index in [-0.39, 0.29) is 0 Å². The summed E-state index contributed by atoms with van der Waals surface area (Å²) in [4.78, 5) is 0. The monoisotopic (exact) mass is 252 g/mol. The highest BCUT2D eigenvalue weighted by Crippen LogP contribution is 2.29. The number of likely N-dealkylation sites (tertiary alicyclic amines) is 1. The lowest BCUT2D eigenvalue weighted by Gasteiger charge is -2.44. The summed E-state index contributed by atoms with van der Waals surface area (Å²) in [5.41, 5.74) is 0. The molecule has 1 saturated carbocycles. The molecule has 0 amide bonds. The van der Waals surface area contributed by atoms with Crippen molar-refractivity contribution in [1.29, 1.82) is 0 Å². The average Bonchev–Trinajstić information content (AvgIpc) is 2.41. The van der Waals surface area contributed by atoms with Crippen LogP contribution in [0.2, 0.25) is 0 Å². The second-order valence-corrected chi connectivity index (χ2v) is 6.97. The van der Waals surface area contributed by atoms with Crippen molar-refractivity contribution in [3.63, 3.8) is 0 Å². The lowest BCUT2D eigenvalue weighted by molar-refractivity contribution is -0.935. The number of unbranched alkanes of at least 4 members (excludes halogenated alkanes) is 2. The van der Waals surface area contributed by atoms with E-state index in [1.54, 1.807) is 0 Å². The van der Waals surface area contributed by atoms with Gasteiger partial charge in [0.15, 0.2) is 0 Å². The first-order valence-corrected chi connectivity index (χ1v) is 8.70. The van der Waals surface area contributed by atoms with Crippen LogP contribution in [0.5, 0.6) is 0 Å². The Labute approximate surface area is 115 Å². The molecule has 0 atom stereocenters. The smallest absolute Gasteiger partial charge is 0.0815 e. The number of piperidine rings is 1. The molecule has 0 aromatic carbocycles. The SMILES string of the molecule is CCCCC[N+]1(CC2CCCCC2)CCCCC1. The van der Waals surface area contributed by atoms with Gasteiger partial charge in [0.2, 0.25) is 0 Å². The third-order valence-corrected chi connectivity index (χ3v) is 5.37. The summed E-state index contributed by atoms with van der Waals surface area (Å²) in [6, 6.07) is 0.